The van der Waals surface area contributed by atoms with E-state index in [0.717, 1.165) is 31.2 Å². The van der Waals surface area contributed by atoms with Crippen molar-refractivity contribution in [1.29, 1.82) is 0 Å². The zero-order valence-corrected chi connectivity index (χ0v) is 18.1. The molecule has 1 fully saturated rings. The molecule has 5 nitrogen and oxygen atoms in total. The van der Waals surface area contributed by atoms with Crippen LogP contribution in [0.5, 0.6) is 5.75 Å². The van der Waals surface area contributed by atoms with Crippen LogP contribution in [0.15, 0.2) is 42.7 Å². The van der Waals surface area contributed by atoms with E-state index in [1.807, 2.05) is 19.1 Å². The predicted molar refractivity (Wildman–Crippen MR) is 118 cm³/mol. The smallest absolute Gasteiger partial charge is 0.229 e. The average Bonchev–Trinajstić information content (AvgIpc) is 2.61. The van der Waals surface area contributed by atoms with Crippen LogP contribution in [0.25, 0.3) is 0 Å². The Hall–Kier alpha value is -1.53. The Morgan fingerprint density at radius 1 is 1.36 bits per heavy atom. The molecular formula is C20H26Cl3N3O2. The van der Waals surface area contributed by atoms with E-state index < -0.39 is 5.54 Å². The van der Waals surface area contributed by atoms with Crippen LogP contribution in [0.1, 0.15) is 38.2 Å². The van der Waals surface area contributed by atoms with Crippen LogP contribution in [0.3, 0.4) is 0 Å². The number of hydrogen-bond donors (Lipinski definition) is 2. The molecule has 2 unspecified atom stereocenters. The monoisotopic (exact) mass is 445 g/mol. The highest BCUT2D eigenvalue weighted by atomic mass is 35.5. The van der Waals surface area contributed by atoms with Crippen molar-refractivity contribution in [1.82, 2.24) is 4.98 Å². The maximum absolute atomic E-state index is 12.6. The highest BCUT2D eigenvalue weighted by molar-refractivity contribution is 6.32. The molecule has 3 N–H and O–H groups in total. The van der Waals surface area contributed by atoms with Gasteiger partial charge < -0.3 is 15.8 Å². The molecule has 0 saturated heterocycles. The maximum Gasteiger partial charge on any atom is 0.229 e. The number of anilines is 1. The lowest BCUT2D eigenvalue weighted by molar-refractivity contribution is -0.122. The molecule has 0 spiro atoms. The van der Waals surface area contributed by atoms with Gasteiger partial charge in [0.2, 0.25) is 5.91 Å². The van der Waals surface area contributed by atoms with Crippen LogP contribution >= 0.6 is 36.4 Å². The van der Waals surface area contributed by atoms with E-state index in [9.17, 15) is 4.79 Å². The lowest BCUT2D eigenvalue weighted by Gasteiger charge is -2.37. The first kappa shape index (κ1) is 24.5. The zero-order chi connectivity index (χ0) is 18.6. The number of carbonyl (C=O) groups is 1. The van der Waals surface area contributed by atoms with Crippen molar-refractivity contribution >= 4 is 48.0 Å². The number of hydrogen-bond acceptors (Lipinski definition) is 4. The summed E-state index contributed by atoms with van der Waals surface area (Å²) in [7, 11) is 0. The van der Waals surface area contributed by atoms with E-state index >= 15 is 0 Å². The van der Waals surface area contributed by atoms with Gasteiger partial charge in [-0.1, -0.05) is 30.5 Å². The van der Waals surface area contributed by atoms with Gasteiger partial charge in [0.15, 0.2) is 0 Å². The van der Waals surface area contributed by atoms with Crippen LogP contribution in [0.4, 0.5) is 5.69 Å². The molecule has 3 rings (SSSR count). The van der Waals surface area contributed by atoms with E-state index in [-0.39, 0.29) is 36.6 Å². The summed E-state index contributed by atoms with van der Waals surface area (Å²) in [4.78, 5) is 16.7. The number of nitrogens with one attached hydrogen (secondary N) is 1. The fraction of sp³-hybridized carbons (Fsp3) is 0.400. The first-order chi connectivity index (χ1) is 12.5. The molecule has 0 bridgehead atoms. The van der Waals surface area contributed by atoms with Gasteiger partial charge in [0, 0.05) is 29.2 Å². The first-order valence-corrected chi connectivity index (χ1v) is 9.24. The number of rotatable bonds is 5. The predicted octanol–water partition coefficient (Wildman–Crippen LogP) is 5.00. The number of pyridine rings is 1. The van der Waals surface area contributed by atoms with E-state index in [0.29, 0.717) is 23.1 Å². The van der Waals surface area contributed by atoms with Gasteiger partial charge in [-0.05, 0) is 44.0 Å². The quantitative estimate of drug-likeness (QED) is 0.677. The van der Waals surface area contributed by atoms with Gasteiger partial charge in [-0.3, -0.25) is 9.78 Å². The summed E-state index contributed by atoms with van der Waals surface area (Å²) in [6.45, 7) is 2.34. The SMILES string of the molecule is CC1(N)CCCCC1C(=O)Nc1ccc(OCc2cccnc2)c(Cl)c1.Cl.Cl. The molecule has 8 heteroatoms. The molecule has 2 aromatic rings. The summed E-state index contributed by atoms with van der Waals surface area (Å²) < 4.78 is 5.73. The second kappa shape index (κ2) is 10.9. The van der Waals surface area contributed by atoms with Crippen molar-refractivity contribution in [3.63, 3.8) is 0 Å². The van der Waals surface area contributed by atoms with Gasteiger partial charge in [-0.15, -0.1) is 24.8 Å². The molecule has 2 atom stereocenters. The normalized spacial score (nSPS) is 21.0. The van der Waals surface area contributed by atoms with Crippen LogP contribution in [0, 0.1) is 5.92 Å². The Morgan fingerprint density at radius 2 is 2.14 bits per heavy atom. The third-order valence-electron chi connectivity index (χ3n) is 4.89. The van der Waals surface area contributed by atoms with Gasteiger partial charge in [0.05, 0.1) is 10.9 Å². The van der Waals surface area contributed by atoms with Crippen molar-refractivity contribution < 1.29 is 9.53 Å². The van der Waals surface area contributed by atoms with Crippen molar-refractivity contribution in [2.24, 2.45) is 11.7 Å². The number of ether oxygens (including phenoxy) is 1. The van der Waals surface area contributed by atoms with Crippen LogP contribution < -0.4 is 15.8 Å². The van der Waals surface area contributed by atoms with E-state index in [1.54, 1.807) is 30.6 Å². The Bertz CT molecular complexity index is 773. The zero-order valence-electron chi connectivity index (χ0n) is 15.7. The highest BCUT2D eigenvalue weighted by Crippen LogP contribution is 2.33. The molecule has 1 aliphatic carbocycles. The van der Waals surface area contributed by atoms with Gasteiger partial charge in [-0.2, -0.15) is 0 Å². The van der Waals surface area contributed by atoms with Gasteiger partial charge in [-0.25, -0.2) is 0 Å². The molecular weight excluding hydrogens is 421 g/mol. The summed E-state index contributed by atoms with van der Waals surface area (Å²) >= 11 is 6.30. The number of amides is 1. The average molecular weight is 447 g/mol. The summed E-state index contributed by atoms with van der Waals surface area (Å²) in [5.41, 5.74) is 7.46. The van der Waals surface area contributed by atoms with Gasteiger partial charge in [0.1, 0.15) is 12.4 Å². The molecule has 28 heavy (non-hydrogen) atoms. The fourth-order valence-electron chi connectivity index (χ4n) is 3.36. The molecule has 1 saturated carbocycles. The molecule has 1 aromatic carbocycles. The summed E-state index contributed by atoms with van der Waals surface area (Å²) in [6, 6.07) is 9.05. The molecule has 154 valence electrons. The molecule has 1 amide bonds. The number of aromatic nitrogens is 1. The minimum absolute atomic E-state index is 0. The van der Waals surface area contributed by atoms with Crippen LogP contribution in [-0.4, -0.2) is 16.4 Å². The minimum Gasteiger partial charge on any atom is -0.487 e. The second-order valence-corrected chi connectivity index (χ2v) is 7.50. The summed E-state index contributed by atoms with van der Waals surface area (Å²) in [5, 5.41) is 3.39. The fourth-order valence-corrected chi connectivity index (χ4v) is 3.59. The maximum atomic E-state index is 12.6. The second-order valence-electron chi connectivity index (χ2n) is 7.09. The molecule has 1 aromatic heterocycles. The minimum atomic E-state index is -0.459. The van der Waals surface area contributed by atoms with E-state index in [2.05, 4.69) is 10.3 Å². The molecule has 1 heterocycles. The van der Waals surface area contributed by atoms with Crippen LogP contribution in [-0.2, 0) is 11.4 Å². The Balaban J connectivity index is 0.00000196. The van der Waals surface area contributed by atoms with Crippen molar-refractivity contribution in [3.05, 3.63) is 53.3 Å². The van der Waals surface area contributed by atoms with Crippen molar-refractivity contribution in [2.75, 3.05) is 5.32 Å². The topological polar surface area (TPSA) is 77.2 Å². The number of halogens is 3. The third-order valence-corrected chi connectivity index (χ3v) is 5.18. The summed E-state index contributed by atoms with van der Waals surface area (Å²) in [6.07, 6.45) is 7.26. The summed E-state index contributed by atoms with van der Waals surface area (Å²) in [5.74, 6) is 0.334. The molecule has 0 aliphatic heterocycles. The number of carbonyl (C=O) groups excluding carboxylic acids is 1. The van der Waals surface area contributed by atoms with E-state index in [4.69, 9.17) is 22.1 Å². The van der Waals surface area contributed by atoms with E-state index in [1.165, 1.54) is 0 Å². The number of nitrogens with two attached hydrogens (primary N) is 1. The third kappa shape index (κ3) is 6.24. The lowest BCUT2D eigenvalue weighted by Crippen LogP contribution is -2.51. The standard InChI is InChI=1S/C20H24ClN3O2.2ClH/c1-20(22)9-3-2-6-16(20)19(25)24-15-7-8-18(17(21)11-15)26-13-14-5-4-10-23-12-14;;/h4-5,7-8,10-12,16H,2-3,6,9,13,22H2,1H3,(H,24,25);2*1H. The molecule has 1 aliphatic rings. The van der Waals surface area contributed by atoms with Crippen molar-refractivity contribution in [2.45, 2.75) is 44.8 Å². The molecule has 0 radical (unpaired) electrons. The Kier molecular flexibility index (Phi) is 9.51. The van der Waals surface area contributed by atoms with Gasteiger partial charge in [0.25, 0.3) is 0 Å². The largest absolute Gasteiger partial charge is 0.487 e. The highest BCUT2D eigenvalue weighted by Gasteiger charge is 2.37. The van der Waals surface area contributed by atoms with Crippen LogP contribution in [0.2, 0.25) is 5.02 Å². The Labute approximate surface area is 183 Å². The lowest BCUT2D eigenvalue weighted by atomic mass is 9.74. The number of benzene rings is 1. The Morgan fingerprint density at radius 3 is 2.79 bits per heavy atom. The number of nitrogens with zero attached hydrogens (tertiary/aromatic N) is 1. The van der Waals surface area contributed by atoms with Gasteiger partial charge >= 0.3 is 0 Å². The first-order valence-electron chi connectivity index (χ1n) is 8.87. The van der Waals surface area contributed by atoms with Crippen molar-refractivity contribution in [3.8, 4) is 5.75 Å².